The van der Waals surface area contributed by atoms with Crippen molar-refractivity contribution in [3.63, 3.8) is 0 Å². The highest BCUT2D eigenvalue weighted by Gasteiger charge is 2.17. The molecule has 0 aliphatic rings. The molecule has 1 unspecified atom stereocenters. The molecule has 0 spiro atoms. The quantitative estimate of drug-likeness (QED) is 0.138. The molecule has 1 aromatic heterocycles. The van der Waals surface area contributed by atoms with Gasteiger partial charge in [-0.1, -0.05) is 18.2 Å². The topological polar surface area (TPSA) is 84.5 Å². The van der Waals surface area contributed by atoms with Gasteiger partial charge in [-0.2, -0.15) is 0 Å². The maximum absolute atomic E-state index is 12.9. The van der Waals surface area contributed by atoms with Crippen molar-refractivity contribution in [1.29, 1.82) is 0 Å². The van der Waals surface area contributed by atoms with Crippen molar-refractivity contribution >= 4 is 62.8 Å². The number of thioether (sulfide) groups is 1. The minimum absolute atomic E-state index is 0.116. The zero-order valence-corrected chi connectivity index (χ0v) is 23.6. The number of methoxy groups -OCH3 is 1. The van der Waals surface area contributed by atoms with Crippen molar-refractivity contribution in [2.45, 2.75) is 24.0 Å². The average Bonchev–Trinajstić information content (AvgIpc) is 3.38. The van der Waals surface area contributed by atoms with E-state index in [1.165, 1.54) is 23.1 Å². The first-order valence-electron chi connectivity index (χ1n) is 11.9. The molecule has 4 rings (SSSR count). The Kier molecular flexibility index (Phi) is 9.58. The van der Waals surface area contributed by atoms with Crippen molar-refractivity contribution in [3.05, 3.63) is 78.2 Å². The summed E-state index contributed by atoms with van der Waals surface area (Å²) >= 11 is 8.32. The molecule has 0 aliphatic carbocycles. The Balaban J connectivity index is 1.32. The molecule has 38 heavy (non-hydrogen) atoms. The molecule has 0 saturated carbocycles. The number of anilines is 3. The number of hydrogen-bond donors (Lipinski definition) is 3. The maximum Gasteiger partial charge on any atom is 0.239 e. The number of thiazole rings is 1. The second-order valence-electron chi connectivity index (χ2n) is 8.05. The molecule has 196 valence electrons. The van der Waals surface area contributed by atoms with Crippen LogP contribution in [-0.4, -0.2) is 35.0 Å². The summed E-state index contributed by atoms with van der Waals surface area (Å²) in [5.74, 6) is 1.40. The number of aromatic nitrogens is 1. The zero-order chi connectivity index (χ0) is 26.9. The summed E-state index contributed by atoms with van der Waals surface area (Å²) in [7, 11) is 1.62. The van der Waals surface area contributed by atoms with Gasteiger partial charge in [-0.15, -0.1) is 23.1 Å². The van der Waals surface area contributed by atoms with Crippen molar-refractivity contribution in [3.8, 4) is 22.8 Å². The number of amides is 1. The Bertz CT molecular complexity index is 1390. The number of hydrogen-bond acceptors (Lipinski definition) is 7. The average molecular weight is 565 g/mol. The molecule has 0 saturated heterocycles. The Labute approximate surface area is 236 Å². The zero-order valence-electron chi connectivity index (χ0n) is 21.2. The van der Waals surface area contributed by atoms with E-state index in [0.717, 1.165) is 33.3 Å². The van der Waals surface area contributed by atoms with Crippen LogP contribution in [0.5, 0.6) is 11.5 Å². The smallest absolute Gasteiger partial charge is 0.239 e. The first-order chi connectivity index (χ1) is 18.4. The summed E-state index contributed by atoms with van der Waals surface area (Å²) in [6.07, 6.45) is 0. The number of ether oxygens (including phenoxy) is 2. The second-order valence-corrected chi connectivity index (χ2v) is 10.7. The van der Waals surface area contributed by atoms with E-state index >= 15 is 0 Å². The van der Waals surface area contributed by atoms with Gasteiger partial charge in [0.25, 0.3) is 0 Å². The lowest BCUT2D eigenvalue weighted by Crippen LogP contribution is -2.22. The summed E-state index contributed by atoms with van der Waals surface area (Å²) in [5.41, 5.74) is 3.37. The van der Waals surface area contributed by atoms with E-state index in [1.807, 2.05) is 92.0 Å². The van der Waals surface area contributed by atoms with Gasteiger partial charge in [0.1, 0.15) is 11.5 Å². The third-order valence-electron chi connectivity index (χ3n) is 5.32. The van der Waals surface area contributed by atoms with Crippen LogP contribution in [0.15, 0.2) is 83.1 Å². The fourth-order valence-electron chi connectivity index (χ4n) is 3.50. The van der Waals surface area contributed by atoms with Crippen LogP contribution in [0.1, 0.15) is 13.8 Å². The Morgan fingerprint density at radius 1 is 1.05 bits per heavy atom. The van der Waals surface area contributed by atoms with E-state index in [9.17, 15) is 4.79 Å². The number of benzene rings is 3. The first-order valence-corrected chi connectivity index (χ1v) is 14.1. The summed E-state index contributed by atoms with van der Waals surface area (Å²) in [6, 6.07) is 23.1. The van der Waals surface area contributed by atoms with Crippen LogP contribution in [-0.2, 0) is 4.79 Å². The number of nitrogens with one attached hydrogen (secondary N) is 3. The van der Waals surface area contributed by atoms with Crippen LogP contribution >= 0.6 is 35.3 Å². The molecule has 0 radical (unpaired) electrons. The van der Waals surface area contributed by atoms with Crippen LogP contribution in [0, 0.1) is 0 Å². The molecular formula is C28H28N4O3S3. The van der Waals surface area contributed by atoms with Crippen molar-refractivity contribution < 1.29 is 14.3 Å². The molecule has 0 bridgehead atoms. The number of thiocarbonyl (C=S) groups is 1. The van der Waals surface area contributed by atoms with E-state index in [-0.39, 0.29) is 11.2 Å². The van der Waals surface area contributed by atoms with Crippen LogP contribution in [0.2, 0.25) is 0 Å². The maximum atomic E-state index is 12.9. The van der Waals surface area contributed by atoms with Gasteiger partial charge < -0.3 is 25.4 Å². The van der Waals surface area contributed by atoms with Gasteiger partial charge in [0.15, 0.2) is 10.2 Å². The van der Waals surface area contributed by atoms with E-state index in [2.05, 4.69) is 20.9 Å². The molecular weight excluding hydrogens is 537 g/mol. The highest BCUT2D eigenvalue weighted by Crippen LogP contribution is 2.30. The van der Waals surface area contributed by atoms with E-state index < -0.39 is 0 Å². The normalized spacial score (nSPS) is 11.3. The molecule has 1 heterocycles. The molecule has 7 nitrogen and oxygen atoms in total. The van der Waals surface area contributed by atoms with Crippen LogP contribution in [0.3, 0.4) is 0 Å². The fraction of sp³-hybridized carbons (Fsp3) is 0.179. The fourth-order valence-corrected chi connectivity index (χ4v) is 5.37. The molecule has 1 atom stereocenters. The molecule has 10 heteroatoms. The number of carbonyl (C=O) groups is 1. The monoisotopic (exact) mass is 564 g/mol. The van der Waals surface area contributed by atoms with Crippen molar-refractivity contribution in [2.75, 3.05) is 29.7 Å². The SMILES string of the molecule is CCOc1ccc(-c2csc(NC(=O)C(C)Sc3cccc(NC(=S)Nc4ccccc4OC)c3)n2)cc1. The van der Waals surface area contributed by atoms with Gasteiger partial charge in [-0.05, 0) is 80.7 Å². The molecule has 3 N–H and O–H groups in total. The second kappa shape index (κ2) is 13.3. The Hall–Kier alpha value is -3.60. The van der Waals surface area contributed by atoms with Gasteiger partial charge in [-0.3, -0.25) is 4.79 Å². The van der Waals surface area contributed by atoms with Crippen molar-refractivity contribution in [1.82, 2.24) is 4.98 Å². The van der Waals surface area contributed by atoms with Gasteiger partial charge in [0.05, 0.1) is 30.3 Å². The van der Waals surface area contributed by atoms with E-state index in [4.69, 9.17) is 21.7 Å². The van der Waals surface area contributed by atoms with Crippen molar-refractivity contribution in [2.24, 2.45) is 0 Å². The van der Waals surface area contributed by atoms with Crippen LogP contribution in [0.4, 0.5) is 16.5 Å². The third kappa shape index (κ3) is 7.47. The third-order valence-corrected chi connectivity index (χ3v) is 7.38. The lowest BCUT2D eigenvalue weighted by molar-refractivity contribution is -0.115. The van der Waals surface area contributed by atoms with Crippen LogP contribution in [0.25, 0.3) is 11.3 Å². The lowest BCUT2D eigenvalue weighted by Gasteiger charge is -2.14. The van der Waals surface area contributed by atoms with Gasteiger partial charge >= 0.3 is 0 Å². The highest BCUT2D eigenvalue weighted by molar-refractivity contribution is 8.00. The van der Waals surface area contributed by atoms with Gasteiger partial charge in [0.2, 0.25) is 5.91 Å². The molecule has 4 aromatic rings. The lowest BCUT2D eigenvalue weighted by atomic mass is 10.2. The summed E-state index contributed by atoms with van der Waals surface area (Å²) < 4.78 is 10.9. The van der Waals surface area contributed by atoms with E-state index in [0.29, 0.717) is 22.6 Å². The number of nitrogens with zero attached hydrogens (tertiary/aromatic N) is 1. The Morgan fingerprint density at radius 2 is 1.84 bits per heavy atom. The molecule has 0 fully saturated rings. The molecule has 3 aromatic carbocycles. The minimum atomic E-state index is -0.332. The predicted molar refractivity (Wildman–Crippen MR) is 162 cm³/mol. The minimum Gasteiger partial charge on any atom is -0.495 e. The summed E-state index contributed by atoms with van der Waals surface area (Å²) in [5, 5.41) is 11.9. The number of para-hydroxylation sites is 2. The van der Waals surface area contributed by atoms with Gasteiger partial charge in [0, 0.05) is 21.5 Å². The summed E-state index contributed by atoms with van der Waals surface area (Å²) in [6.45, 7) is 4.45. The highest BCUT2D eigenvalue weighted by atomic mass is 32.2. The van der Waals surface area contributed by atoms with E-state index in [1.54, 1.807) is 7.11 Å². The van der Waals surface area contributed by atoms with Crippen LogP contribution < -0.4 is 25.4 Å². The largest absolute Gasteiger partial charge is 0.495 e. The predicted octanol–water partition coefficient (Wildman–Crippen LogP) is 7.15. The number of carbonyl (C=O) groups excluding carboxylic acids is 1. The first kappa shape index (κ1) is 27.4. The summed E-state index contributed by atoms with van der Waals surface area (Å²) in [4.78, 5) is 18.4. The molecule has 1 amide bonds. The standard InChI is InChI=1S/C28H28N4O3S3/c1-4-35-21-14-12-19(13-15-21)24-17-37-28(31-24)32-26(33)18(2)38-22-9-7-8-20(16-22)29-27(36)30-23-10-5-6-11-25(23)34-3/h5-18H,4H2,1-3H3,(H2,29,30,36)(H,31,32,33). The molecule has 0 aliphatic heterocycles. The van der Waals surface area contributed by atoms with Gasteiger partial charge in [-0.25, -0.2) is 4.98 Å². The number of rotatable bonds is 10. The Morgan fingerprint density at radius 3 is 2.61 bits per heavy atom.